The molecule has 3 heterocycles. The third-order valence-corrected chi connectivity index (χ3v) is 3.94. The minimum atomic E-state index is -0.383. The number of aryl methyl sites for hydroxylation is 1. The predicted octanol–water partition coefficient (Wildman–Crippen LogP) is 0.574. The topological polar surface area (TPSA) is 71.8 Å². The molecular formula is C15H18FN5O. The molecule has 2 aromatic heterocycles. The first-order valence-electron chi connectivity index (χ1n) is 7.21. The van der Waals surface area contributed by atoms with E-state index in [2.05, 4.69) is 20.7 Å². The smallest absolute Gasteiger partial charge is 0.225 e. The highest BCUT2D eigenvalue weighted by atomic mass is 19.1. The monoisotopic (exact) mass is 303 g/mol. The van der Waals surface area contributed by atoms with E-state index in [4.69, 9.17) is 0 Å². The van der Waals surface area contributed by atoms with Crippen LogP contribution >= 0.6 is 0 Å². The molecule has 2 atom stereocenters. The van der Waals surface area contributed by atoms with Crippen molar-refractivity contribution < 1.29 is 9.18 Å². The van der Waals surface area contributed by atoms with Gasteiger partial charge in [-0.1, -0.05) is 0 Å². The van der Waals surface area contributed by atoms with Crippen LogP contribution in [-0.2, 0) is 18.4 Å². The number of carbonyl (C=O) groups is 1. The minimum absolute atomic E-state index is 0.0232. The summed E-state index contributed by atoms with van der Waals surface area (Å²) in [7, 11) is 1.86. The molecule has 1 amide bonds. The molecule has 3 rings (SSSR count). The average molecular weight is 303 g/mol. The molecule has 22 heavy (non-hydrogen) atoms. The maximum absolute atomic E-state index is 12.8. The summed E-state index contributed by atoms with van der Waals surface area (Å²) in [6.07, 6.45) is 4.90. The number of aromatic nitrogens is 3. The van der Waals surface area contributed by atoms with Gasteiger partial charge in [-0.25, -0.2) is 4.39 Å². The third-order valence-electron chi connectivity index (χ3n) is 3.94. The number of carbonyl (C=O) groups excluding carboxylic acids is 1. The Morgan fingerprint density at radius 3 is 3.00 bits per heavy atom. The average Bonchev–Trinajstić information content (AvgIpc) is 3.14. The highest BCUT2D eigenvalue weighted by Crippen LogP contribution is 2.27. The van der Waals surface area contributed by atoms with E-state index in [1.165, 1.54) is 6.07 Å². The first-order chi connectivity index (χ1) is 10.6. The number of halogens is 1. The van der Waals surface area contributed by atoms with Gasteiger partial charge in [0.2, 0.25) is 5.91 Å². The fourth-order valence-corrected chi connectivity index (χ4v) is 2.76. The predicted molar refractivity (Wildman–Crippen MR) is 78.4 cm³/mol. The van der Waals surface area contributed by atoms with Crippen LogP contribution in [0.1, 0.15) is 17.2 Å². The molecule has 1 aliphatic heterocycles. The van der Waals surface area contributed by atoms with Crippen molar-refractivity contribution >= 4 is 5.91 Å². The summed E-state index contributed by atoms with van der Waals surface area (Å²) in [5.74, 6) is -0.420. The molecule has 0 bridgehead atoms. The van der Waals surface area contributed by atoms with E-state index in [9.17, 15) is 9.18 Å². The lowest BCUT2D eigenvalue weighted by Gasteiger charge is -2.16. The van der Waals surface area contributed by atoms with Crippen molar-refractivity contribution in [3.05, 3.63) is 47.8 Å². The highest BCUT2D eigenvalue weighted by molar-refractivity contribution is 5.80. The van der Waals surface area contributed by atoms with Gasteiger partial charge in [-0.3, -0.25) is 14.5 Å². The second-order valence-corrected chi connectivity index (χ2v) is 5.50. The Bertz CT molecular complexity index is 654. The molecule has 6 nitrogen and oxygen atoms in total. The van der Waals surface area contributed by atoms with E-state index in [1.54, 1.807) is 16.9 Å². The van der Waals surface area contributed by atoms with Crippen molar-refractivity contribution in [1.29, 1.82) is 0 Å². The number of nitrogens with one attached hydrogen (secondary N) is 2. The molecule has 0 aliphatic carbocycles. The summed E-state index contributed by atoms with van der Waals surface area (Å²) in [6.45, 7) is 1.70. The fourth-order valence-electron chi connectivity index (χ4n) is 2.76. The molecule has 7 heteroatoms. The molecular weight excluding hydrogens is 285 g/mol. The molecule has 0 spiro atoms. The van der Waals surface area contributed by atoms with Crippen LogP contribution in [0.15, 0.2) is 30.7 Å². The molecule has 1 aliphatic rings. The van der Waals surface area contributed by atoms with E-state index >= 15 is 0 Å². The van der Waals surface area contributed by atoms with Crippen LogP contribution in [-0.4, -0.2) is 33.8 Å². The lowest BCUT2D eigenvalue weighted by atomic mass is 9.90. The standard InChI is InChI=1S/C15H18FN5O/c1-21-9-10(4-20-21)13-7-17-8-14(13)15(22)19-6-12-3-2-11(16)5-18-12/h2-5,9,13-14,17H,6-8H2,1H3,(H,19,22)/t13-,14+/m1/s1. The van der Waals surface area contributed by atoms with Gasteiger partial charge in [-0.2, -0.15) is 5.10 Å². The highest BCUT2D eigenvalue weighted by Gasteiger charge is 2.34. The van der Waals surface area contributed by atoms with Gasteiger partial charge < -0.3 is 10.6 Å². The molecule has 0 saturated carbocycles. The van der Waals surface area contributed by atoms with Crippen molar-refractivity contribution in [2.75, 3.05) is 13.1 Å². The Morgan fingerprint density at radius 2 is 2.32 bits per heavy atom. The molecule has 2 aromatic rings. The normalized spacial score (nSPS) is 21.0. The Balaban J connectivity index is 1.62. The summed E-state index contributed by atoms with van der Waals surface area (Å²) in [4.78, 5) is 16.3. The van der Waals surface area contributed by atoms with E-state index < -0.39 is 0 Å². The van der Waals surface area contributed by atoms with E-state index in [0.29, 0.717) is 18.8 Å². The summed E-state index contributed by atoms with van der Waals surface area (Å²) in [6, 6.07) is 2.91. The van der Waals surface area contributed by atoms with Crippen LogP contribution in [0.4, 0.5) is 4.39 Å². The zero-order chi connectivity index (χ0) is 15.5. The zero-order valence-electron chi connectivity index (χ0n) is 12.3. The summed E-state index contributed by atoms with van der Waals surface area (Å²) >= 11 is 0. The molecule has 1 saturated heterocycles. The van der Waals surface area contributed by atoms with Crippen molar-refractivity contribution in [2.24, 2.45) is 13.0 Å². The maximum atomic E-state index is 12.8. The first-order valence-corrected chi connectivity index (χ1v) is 7.21. The Kier molecular flexibility index (Phi) is 4.15. The molecule has 0 radical (unpaired) electrons. The molecule has 0 unspecified atom stereocenters. The largest absolute Gasteiger partial charge is 0.350 e. The minimum Gasteiger partial charge on any atom is -0.350 e. The van der Waals surface area contributed by atoms with E-state index in [0.717, 1.165) is 18.3 Å². The van der Waals surface area contributed by atoms with Gasteiger partial charge in [-0.15, -0.1) is 0 Å². The van der Waals surface area contributed by atoms with Gasteiger partial charge in [-0.05, 0) is 17.7 Å². The summed E-state index contributed by atoms with van der Waals surface area (Å²) in [5, 5.41) is 10.3. The van der Waals surface area contributed by atoms with Crippen LogP contribution in [0, 0.1) is 11.7 Å². The number of nitrogens with zero attached hydrogens (tertiary/aromatic N) is 3. The van der Waals surface area contributed by atoms with Crippen molar-refractivity contribution in [3.63, 3.8) is 0 Å². The number of rotatable bonds is 4. The Morgan fingerprint density at radius 1 is 1.45 bits per heavy atom. The van der Waals surface area contributed by atoms with Crippen LogP contribution in [0.5, 0.6) is 0 Å². The second kappa shape index (κ2) is 6.23. The van der Waals surface area contributed by atoms with Crippen molar-refractivity contribution in [1.82, 2.24) is 25.4 Å². The van der Waals surface area contributed by atoms with E-state index in [-0.39, 0.29) is 23.6 Å². The molecule has 1 fully saturated rings. The summed E-state index contributed by atoms with van der Waals surface area (Å²) < 4.78 is 14.5. The van der Waals surface area contributed by atoms with Gasteiger partial charge in [0.15, 0.2) is 0 Å². The van der Waals surface area contributed by atoms with Crippen molar-refractivity contribution in [3.8, 4) is 0 Å². The maximum Gasteiger partial charge on any atom is 0.225 e. The Labute approximate surface area is 127 Å². The fraction of sp³-hybridized carbons (Fsp3) is 0.400. The van der Waals surface area contributed by atoms with Gasteiger partial charge in [0, 0.05) is 32.3 Å². The lowest BCUT2D eigenvalue weighted by Crippen LogP contribution is -2.34. The molecule has 116 valence electrons. The number of hydrogen-bond donors (Lipinski definition) is 2. The van der Waals surface area contributed by atoms with Crippen LogP contribution < -0.4 is 10.6 Å². The number of amides is 1. The van der Waals surface area contributed by atoms with Gasteiger partial charge in [0.05, 0.1) is 30.6 Å². The zero-order valence-corrected chi connectivity index (χ0v) is 12.3. The van der Waals surface area contributed by atoms with Crippen LogP contribution in [0.2, 0.25) is 0 Å². The Hall–Kier alpha value is -2.28. The first kappa shape index (κ1) is 14.6. The van der Waals surface area contributed by atoms with Gasteiger partial charge >= 0.3 is 0 Å². The summed E-state index contributed by atoms with van der Waals surface area (Å²) in [5.41, 5.74) is 1.70. The third kappa shape index (κ3) is 3.14. The lowest BCUT2D eigenvalue weighted by molar-refractivity contribution is -0.125. The van der Waals surface area contributed by atoms with Crippen LogP contribution in [0.25, 0.3) is 0 Å². The quantitative estimate of drug-likeness (QED) is 0.866. The van der Waals surface area contributed by atoms with Crippen molar-refractivity contribution in [2.45, 2.75) is 12.5 Å². The molecule has 2 N–H and O–H groups in total. The van der Waals surface area contributed by atoms with Crippen LogP contribution in [0.3, 0.4) is 0 Å². The van der Waals surface area contributed by atoms with E-state index in [1.807, 2.05) is 13.2 Å². The SMILES string of the molecule is Cn1cc([C@H]2CNC[C@@H]2C(=O)NCc2ccc(F)cn2)cn1. The number of hydrogen-bond acceptors (Lipinski definition) is 4. The number of pyridine rings is 1. The van der Waals surface area contributed by atoms with Gasteiger partial charge in [0.1, 0.15) is 5.82 Å². The molecule has 0 aromatic carbocycles. The second-order valence-electron chi connectivity index (χ2n) is 5.50. The van der Waals surface area contributed by atoms with Gasteiger partial charge in [0.25, 0.3) is 0 Å².